The summed E-state index contributed by atoms with van der Waals surface area (Å²) < 4.78 is 4.50. The minimum atomic E-state index is -0.696. The van der Waals surface area contributed by atoms with Crippen LogP contribution in [0.4, 0.5) is 0 Å². The molecule has 0 bridgehead atoms. The molecule has 0 saturated carbocycles. The highest BCUT2D eigenvalue weighted by molar-refractivity contribution is 5.69. The van der Waals surface area contributed by atoms with Gasteiger partial charge in [0.05, 0.1) is 19.3 Å². The predicted octanol–water partition coefficient (Wildman–Crippen LogP) is 3.47. The molecule has 0 unspecified atom stereocenters. The van der Waals surface area contributed by atoms with Crippen LogP contribution in [0.15, 0.2) is 48.6 Å². The van der Waals surface area contributed by atoms with Crippen LogP contribution in [0.2, 0.25) is 0 Å². The van der Waals surface area contributed by atoms with Crippen LogP contribution in [0.3, 0.4) is 0 Å². The van der Waals surface area contributed by atoms with E-state index < -0.39 is 12.2 Å². The number of aliphatic hydroxyl groups is 2. The van der Waals surface area contributed by atoms with E-state index in [2.05, 4.69) is 35.3 Å². The van der Waals surface area contributed by atoms with Gasteiger partial charge in [-0.1, -0.05) is 54.9 Å². The van der Waals surface area contributed by atoms with Gasteiger partial charge in [0.1, 0.15) is 0 Å². The number of methoxy groups -OCH3 is 1. The number of rotatable bonds is 10. The molecule has 4 nitrogen and oxygen atoms in total. The lowest BCUT2D eigenvalue weighted by Crippen LogP contribution is -2.07. The van der Waals surface area contributed by atoms with Gasteiger partial charge >= 0.3 is 5.97 Å². The maximum absolute atomic E-state index is 10.9. The normalized spacial score (nSPS) is 13.5. The first-order valence-corrected chi connectivity index (χ1v) is 9.13. The Labute approximate surface area is 163 Å². The summed E-state index contributed by atoms with van der Waals surface area (Å²) in [4.78, 5) is 10.9. The third kappa shape index (κ3) is 18.1. The Kier molecular flexibility index (Phi) is 16.6. The number of hydrogen-bond donors (Lipinski definition) is 2. The van der Waals surface area contributed by atoms with Crippen LogP contribution in [0.1, 0.15) is 45.4 Å². The highest BCUT2D eigenvalue weighted by Gasteiger charge is 2.04. The summed E-state index contributed by atoms with van der Waals surface area (Å²) in [6.07, 6.45) is 16.5. The zero-order valence-corrected chi connectivity index (χ0v) is 16.2. The molecule has 0 aromatic heterocycles. The van der Waals surface area contributed by atoms with Gasteiger partial charge in [-0.15, -0.1) is 0 Å². The molecule has 0 aromatic carbocycles. The van der Waals surface area contributed by atoms with E-state index >= 15 is 0 Å². The number of hydrogen-bond acceptors (Lipinski definition) is 4. The quantitative estimate of drug-likeness (QED) is 0.351. The molecule has 0 aliphatic carbocycles. The van der Waals surface area contributed by atoms with Crippen molar-refractivity contribution in [3.8, 4) is 23.7 Å². The van der Waals surface area contributed by atoms with Crippen molar-refractivity contribution >= 4 is 5.97 Å². The molecule has 0 spiro atoms. The summed E-state index contributed by atoms with van der Waals surface area (Å²) in [5.74, 6) is 11.3. The largest absolute Gasteiger partial charge is 0.469 e. The van der Waals surface area contributed by atoms with E-state index in [9.17, 15) is 15.0 Å². The molecule has 0 heterocycles. The van der Waals surface area contributed by atoms with Crippen LogP contribution in [-0.2, 0) is 9.53 Å². The Balaban J connectivity index is 3.91. The molecular weight excluding hydrogens is 340 g/mol. The fourth-order valence-electron chi connectivity index (χ4n) is 1.78. The van der Waals surface area contributed by atoms with Gasteiger partial charge in [0.25, 0.3) is 0 Å². The summed E-state index contributed by atoms with van der Waals surface area (Å²) in [6.45, 7) is 2.06. The number of ether oxygens (including phenoxy) is 1. The Morgan fingerprint density at radius 2 is 1.56 bits per heavy atom. The summed E-state index contributed by atoms with van der Waals surface area (Å²) in [7, 11) is 1.32. The van der Waals surface area contributed by atoms with E-state index in [0.717, 1.165) is 6.42 Å². The van der Waals surface area contributed by atoms with E-state index in [1.54, 1.807) is 24.3 Å². The van der Waals surface area contributed by atoms with Gasteiger partial charge in [0.15, 0.2) is 0 Å². The predicted molar refractivity (Wildman–Crippen MR) is 110 cm³/mol. The Morgan fingerprint density at radius 1 is 0.963 bits per heavy atom. The molecule has 0 saturated heterocycles. The van der Waals surface area contributed by atoms with E-state index in [-0.39, 0.29) is 12.4 Å². The van der Waals surface area contributed by atoms with Crippen molar-refractivity contribution in [3.05, 3.63) is 48.6 Å². The second kappa shape index (κ2) is 18.3. The van der Waals surface area contributed by atoms with Gasteiger partial charge in [0, 0.05) is 19.3 Å². The first-order chi connectivity index (χ1) is 13.1. The number of carbonyl (C=O) groups excluding carboxylic acids is 1. The maximum Gasteiger partial charge on any atom is 0.305 e. The third-order valence-corrected chi connectivity index (χ3v) is 3.27. The van der Waals surface area contributed by atoms with Crippen LogP contribution in [0.25, 0.3) is 0 Å². The van der Waals surface area contributed by atoms with E-state index in [1.165, 1.54) is 7.11 Å². The number of allylic oxidation sites excluding steroid dienone is 5. The van der Waals surface area contributed by atoms with Crippen molar-refractivity contribution < 1.29 is 19.7 Å². The summed E-state index contributed by atoms with van der Waals surface area (Å²) in [6, 6.07) is 0. The van der Waals surface area contributed by atoms with E-state index in [1.807, 2.05) is 24.3 Å². The molecule has 4 heteroatoms. The molecular formula is C23H30O4. The maximum atomic E-state index is 10.9. The van der Waals surface area contributed by atoms with Crippen molar-refractivity contribution in [3.63, 3.8) is 0 Å². The smallest absolute Gasteiger partial charge is 0.305 e. The number of aliphatic hydroxyl groups excluding tert-OH is 2. The molecule has 2 N–H and O–H groups in total. The van der Waals surface area contributed by atoms with Crippen molar-refractivity contribution in [2.45, 2.75) is 57.7 Å². The average molecular weight is 370 g/mol. The molecule has 0 amide bonds. The first-order valence-electron chi connectivity index (χ1n) is 9.13. The van der Waals surface area contributed by atoms with Crippen LogP contribution < -0.4 is 0 Å². The fourth-order valence-corrected chi connectivity index (χ4v) is 1.78. The molecule has 0 aromatic rings. The molecule has 0 fully saturated rings. The first kappa shape index (κ1) is 24.5. The Bertz CT molecular complexity index is 633. The minimum Gasteiger partial charge on any atom is -0.469 e. The lowest BCUT2D eigenvalue weighted by molar-refractivity contribution is -0.141. The van der Waals surface area contributed by atoms with Gasteiger partial charge in [-0.3, -0.25) is 4.79 Å². The van der Waals surface area contributed by atoms with Gasteiger partial charge in [-0.25, -0.2) is 0 Å². The highest BCUT2D eigenvalue weighted by atomic mass is 16.5. The van der Waals surface area contributed by atoms with Crippen molar-refractivity contribution in [1.82, 2.24) is 0 Å². The molecule has 0 rings (SSSR count). The summed E-state index contributed by atoms with van der Waals surface area (Å²) in [5.41, 5.74) is 0. The van der Waals surface area contributed by atoms with Gasteiger partial charge < -0.3 is 14.9 Å². The molecule has 0 aliphatic rings. The Hall–Kier alpha value is -2.53. The van der Waals surface area contributed by atoms with E-state index in [4.69, 9.17) is 0 Å². The molecule has 0 radical (unpaired) electrons. The Morgan fingerprint density at radius 3 is 2.11 bits per heavy atom. The lowest BCUT2D eigenvalue weighted by atomic mass is 10.2. The van der Waals surface area contributed by atoms with Crippen LogP contribution in [-0.4, -0.2) is 35.5 Å². The fraction of sp³-hybridized carbons (Fsp3) is 0.435. The topological polar surface area (TPSA) is 66.8 Å². The lowest BCUT2D eigenvalue weighted by Gasteiger charge is -2.02. The van der Waals surface area contributed by atoms with Crippen LogP contribution in [0.5, 0.6) is 0 Å². The monoisotopic (exact) mass is 370 g/mol. The molecule has 2 atom stereocenters. The number of esters is 1. The minimum absolute atomic E-state index is 0.184. The second-order valence-electron chi connectivity index (χ2n) is 5.60. The number of carbonyl (C=O) groups is 1. The van der Waals surface area contributed by atoms with Crippen molar-refractivity contribution in [2.75, 3.05) is 7.11 Å². The summed E-state index contributed by atoms with van der Waals surface area (Å²) >= 11 is 0. The van der Waals surface area contributed by atoms with E-state index in [0.29, 0.717) is 25.7 Å². The van der Waals surface area contributed by atoms with Gasteiger partial charge in [0.2, 0.25) is 0 Å². The zero-order valence-electron chi connectivity index (χ0n) is 16.2. The molecule has 0 aliphatic heterocycles. The van der Waals surface area contributed by atoms with Crippen LogP contribution >= 0.6 is 0 Å². The summed E-state index contributed by atoms with van der Waals surface area (Å²) in [5, 5.41) is 19.3. The average Bonchev–Trinajstić information content (AvgIpc) is 2.67. The molecule has 146 valence electrons. The second-order valence-corrected chi connectivity index (χ2v) is 5.60. The SMILES string of the molecule is CC/C=C\C[C@H](O)/C=C/C#CC/C=C\CC#C/C=C/[C@@H](O)CCC(=O)OC. The van der Waals surface area contributed by atoms with Crippen molar-refractivity contribution in [2.24, 2.45) is 0 Å². The van der Waals surface area contributed by atoms with Gasteiger partial charge in [-0.2, -0.15) is 0 Å². The standard InChI is InChI=1S/C23H30O4/c1-3-4-13-16-21(24)17-14-11-9-7-5-6-8-10-12-15-18-22(25)19-20-23(26)27-2/h4-6,13-15,17-18,21-22,24-25H,3,7-8,16,19-20H2,1-2H3/b6-5-,13-4-,17-14+,18-15+/t21-,22+/m0/s1. The molecule has 27 heavy (non-hydrogen) atoms. The van der Waals surface area contributed by atoms with Gasteiger partial charge in [-0.05, 0) is 43.6 Å². The third-order valence-electron chi connectivity index (χ3n) is 3.27. The van der Waals surface area contributed by atoms with Crippen LogP contribution in [0, 0.1) is 23.7 Å². The highest BCUT2D eigenvalue weighted by Crippen LogP contribution is 1.99. The zero-order chi connectivity index (χ0) is 20.2. The van der Waals surface area contributed by atoms with Crippen molar-refractivity contribution in [1.29, 1.82) is 0 Å².